The average Bonchev–Trinajstić information content (AvgIpc) is 2.54. The van der Waals surface area contributed by atoms with Gasteiger partial charge in [-0.1, -0.05) is 18.2 Å². The van der Waals surface area contributed by atoms with Crippen LogP contribution in [0, 0.1) is 0 Å². The number of aromatic nitrogens is 1. The van der Waals surface area contributed by atoms with E-state index in [0.29, 0.717) is 0 Å². The van der Waals surface area contributed by atoms with E-state index in [2.05, 4.69) is 56.3 Å². The molecule has 0 aliphatic heterocycles. The first-order valence-electron chi connectivity index (χ1n) is 4.71. The molecule has 1 heterocycles. The van der Waals surface area contributed by atoms with Crippen molar-refractivity contribution in [1.82, 2.24) is 9.88 Å². The van der Waals surface area contributed by atoms with Gasteiger partial charge in [-0.2, -0.15) is 0 Å². The highest BCUT2D eigenvalue weighted by Crippen LogP contribution is 2.25. The average molecular weight is 253 g/mol. The van der Waals surface area contributed by atoms with Gasteiger partial charge in [-0.05, 0) is 29.0 Å². The van der Waals surface area contributed by atoms with Crippen molar-refractivity contribution in [2.45, 2.75) is 6.54 Å². The van der Waals surface area contributed by atoms with Gasteiger partial charge in [-0.3, -0.25) is 0 Å². The topological polar surface area (TPSA) is 17.0 Å². The molecular weight excluding hydrogens is 240 g/mol. The molecule has 0 bridgehead atoms. The molecule has 0 saturated heterocycles. The highest BCUT2D eigenvalue weighted by molar-refractivity contribution is 9.10. The standard InChI is InChI=1S/C11H13BrN2/c1-13-6-7-14-8-10(12)9-4-2-3-5-11(9)14/h2-5,8,13H,6-7H2,1H3. The quantitative estimate of drug-likeness (QED) is 0.889. The van der Waals surface area contributed by atoms with Gasteiger partial charge >= 0.3 is 0 Å². The van der Waals surface area contributed by atoms with Gasteiger partial charge in [-0.15, -0.1) is 0 Å². The molecule has 14 heavy (non-hydrogen) atoms. The van der Waals surface area contributed by atoms with E-state index in [1.807, 2.05) is 7.05 Å². The zero-order valence-corrected chi connectivity index (χ0v) is 9.71. The van der Waals surface area contributed by atoms with Crippen molar-refractivity contribution in [3.63, 3.8) is 0 Å². The molecule has 3 heteroatoms. The van der Waals surface area contributed by atoms with Crippen LogP contribution in [0.4, 0.5) is 0 Å². The number of benzene rings is 1. The molecule has 1 aromatic heterocycles. The van der Waals surface area contributed by atoms with Crippen LogP contribution in [-0.2, 0) is 6.54 Å². The summed E-state index contributed by atoms with van der Waals surface area (Å²) in [6.45, 7) is 1.99. The first-order chi connectivity index (χ1) is 6.83. The summed E-state index contributed by atoms with van der Waals surface area (Å²) in [5, 5.41) is 4.44. The zero-order chi connectivity index (χ0) is 9.97. The number of para-hydroxylation sites is 1. The van der Waals surface area contributed by atoms with E-state index in [9.17, 15) is 0 Å². The van der Waals surface area contributed by atoms with Crippen LogP contribution >= 0.6 is 15.9 Å². The molecule has 0 spiro atoms. The molecule has 2 aromatic rings. The number of hydrogen-bond donors (Lipinski definition) is 1. The van der Waals surface area contributed by atoms with Gasteiger partial charge in [0.05, 0.1) is 0 Å². The molecule has 2 rings (SSSR count). The van der Waals surface area contributed by atoms with Crippen LogP contribution in [-0.4, -0.2) is 18.2 Å². The SMILES string of the molecule is CNCCn1cc(Br)c2ccccc21. The molecule has 0 fully saturated rings. The fourth-order valence-corrected chi connectivity index (χ4v) is 2.20. The second kappa shape index (κ2) is 4.15. The van der Waals surface area contributed by atoms with Crippen molar-refractivity contribution in [3.8, 4) is 0 Å². The Balaban J connectivity index is 2.44. The van der Waals surface area contributed by atoms with Crippen LogP contribution in [0.1, 0.15) is 0 Å². The highest BCUT2D eigenvalue weighted by atomic mass is 79.9. The Morgan fingerprint density at radius 2 is 2.14 bits per heavy atom. The number of rotatable bonds is 3. The lowest BCUT2D eigenvalue weighted by molar-refractivity contribution is 0.662. The summed E-state index contributed by atoms with van der Waals surface area (Å²) in [6.07, 6.45) is 2.14. The van der Waals surface area contributed by atoms with E-state index in [1.165, 1.54) is 15.4 Å². The van der Waals surface area contributed by atoms with Crippen LogP contribution < -0.4 is 5.32 Å². The lowest BCUT2D eigenvalue weighted by Crippen LogP contribution is -2.14. The maximum absolute atomic E-state index is 3.57. The Hall–Kier alpha value is -0.800. The molecule has 0 aliphatic rings. The summed E-state index contributed by atoms with van der Waals surface area (Å²) >= 11 is 3.57. The van der Waals surface area contributed by atoms with Gasteiger partial charge in [0.2, 0.25) is 0 Å². The van der Waals surface area contributed by atoms with Gasteiger partial charge in [0.25, 0.3) is 0 Å². The Labute approximate surface area is 92.0 Å². The third kappa shape index (κ3) is 1.70. The van der Waals surface area contributed by atoms with Crippen molar-refractivity contribution in [2.75, 3.05) is 13.6 Å². The second-order valence-corrected chi connectivity index (χ2v) is 4.15. The van der Waals surface area contributed by atoms with E-state index < -0.39 is 0 Å². The lowest BCUT2D eigenvalue weighted by atomic mass is 10.2. The molecule has 0 radical (unpaired) electrons. The van der Waals surface area contributed by atoms with Crippen molar-refractivity contribution in [2.24, 2.45) is 0 Å². The third-order valence-corrected chi connectivity index (χ3v) is 2.97. The van der Waals surface area contributed by atoms with Gasteiger partial charge < -0.3 is 9.88 Å². The Kier molecular flexibility index (Phi) is 2.89. The molecular formula is C11H13BrN2. The first-order valence-corrected chi connectivity index (χ1v) is 5.50. The van der Waals surface area contributed by atoms with Crippen molar-refractivity contribution < 1.29 is 0 Å². The summed E-state index contributed by atoms with van der Waals surface area (Å²) in [4.78, 5) is 0. The predicted octanol–water partition coefficient (Wildman–Crippen LogP) is 2.62. The van der Waals surface area contributed by atoms with E-state index in [-0.39, 0.29) is 0 Å². The minimum Gasteiger partial charge on any atom is -0.345 e. The molecule has 0 aliphatic carbocycles. The Morgan fingerprint density at radius 3 is 2.93 bits per heavy atom. The number of hydrogen-bond acceptors (Lipinski definition) is 1. The van der Waals surface area contributed by atoms with Crippen molar-refractivity contribution in [1.29, 1.82) is 0 Å². The molecule has 0 amide bonds. The molecule has 1 aromatic carbocycles. The minimum absolute atomic E-state index is 0.991. The smallest absolute Gasteiger partial charge is 0.0492 e. The Morgan fingerprint density at radius 1 is 1.36 bits per heavy atom. The largest absolute Gasteiger partial charge is 0.345 e. The summed E-state index contributed by atoms with van der Waals surface area (Å²) in [5.41, 5.74) is 1.29. The summed E-state index contributed by atoms with van der Waals surface area (Å²) in [5.74, 6) is 0. The monoisotopic (exact) mass is 252 g/mol. The molecule has 74 valence electrons. The third-order valence-electron chi connectivity index (χ3n) is 2.34. The molecule has 0 saturated carbocycles. The highest BCUT2D eigenvalue weighted by Gasteiger charge is 2.04. The van der Waals surface area contributed by atoms with Crippen LogP contribution in [0.2, 0.25) is 0 Å². The van der Waals surface area contributed by atoms with E-state index in [0.717, 1.165) is 13.1 Å². The zero-order valence-electron chi connectivity index (χ0n) is 8.13. The number of halogens is 1. The van der Waals surface area contributed by atoms with Crippen molar-refractivity contribution in [3.05, 3.63) is 34.9 Å². The molecule has 0 unspecified atom stereocenters. The fourth-order valence-electron chi connectivity index (χ4n) is 1.62. The molecule has 0 atom stereocenters. The molecule has 2 nitrogen and oxygen atoms in total. The number of fused-ring (bicyclic) bond motifs is 1. The maximum atomic E-state index is 3.57. The lowest BCUT2D eigenvalue weighted by Gasteiger charge is -2.03. The second-order valence-electron chi connectivity index (χ2n) is 3.29. The van der Waals surface area contributed by atoms with Crippen molar-refractivity contribution >= 4 is 26.8 Å². The first kappa shape index (κ1) is 9.74. The number of nitrogens with one attached hydrogen (secondary N) is 1. The number of nitrogens with zero attached hydrogens (tertiary/aromatic N) is 1. The van der Waals surface area contributed by atoms with Gasteiger partial charge in [0.15, 0.2) is 0 Å². The van der Waals surface area contributed by atoms with Crippen LogP contribution in [0.15, 0.2) is 34.9 Å². The predicted molar refractivity (Wildman–Crippen MR) is 63.6 cm³/mol. The normalized spacial score (nSPS) is 11.0. The van der Waals surface area contributed by atoms with E-state index in [4.69, 9.17) is 0 Å². The molecule has 1 N–H and O–H groups in total. The fraction of sp³-hybridized carbons (Fsp3) is 0.273. The summed E-state index contributed by atoms with van der Waals surface area (Å²) < 4.78 is 3.43. The number of likely N-dealkylation sites (N-methyl/N-ethyl adjacent to an activating group) is 1. The minimum atomic E-state index is 0.991. The van der Waals surface area contributed by atoms with Gasteiger partial charge in [0.1, 0.15) is 0 Å². The summed E-state index contributed by atoms with van der Waals surface area (Å²) in [6, 6.07) is 8.42. The summed E-state index contributed by atoms with van der Waals surface area (Å²) in [7, 11) is 1.97. The van der Waals surface area contributed by atoms with Crippen LogP contribution in [0.25, 0.3) is 10.9 Å². The maximum Gasteiger partial charge on any atom is 0.0492 e. The van der Waals surface area contributed by atoms with Crippen LogP contribution in [0.5, 0.6) is 0 Å². The van der Waals surface area contributed by atoms with Gasteiger partial charge in [0, 0.05) is 34.7 Å². The van der Waals surface area contributed by atoms with Gasteiger partial charge in [-0.25, -0.2) is 0 Å². The van der Waals surface area contributed by atoms with Crippen LogP contribution in [0.3, 0.4) is 0 Å². The Bertz CT molecular complexity index is 434. The van der Waals surface area contributed by atoms with E-state index in [1.54, 1.807) is 0 Å². The van der Waals surface area contributed by atoms with E-state index >= 15 is 0 Å².